The van der Waals surface area contributed by atoms with Crippen LogP contribution >= 0.6 is 0 Å². The molecule has 6 rings (SSSR count). The van der Waals surface area contributed by atoms with Crippen LogP contribution in [0.15, 0.2) is 0 Å². The van der Waals surface area contributed by atoms with Gasteiger partial charge in [-0.15, -0.1) is 0 Å². The highest BCUT2D eigenvalue weighted by Crippen LogP contribution is 2.52. The van der Waals surface area contributed by atoms with Crippen molar-refractivity contribution in [2.24, 2.45) is 23.7 Å². The fourth-order valence-corrected chi connectivity index (χ4v) is 5.07. The lowest BCUT2D eigenvalue weighted by molar-refractivity contribution is -0.153. The molecule has 7 nitrogen and oxygen atoms in total. The largest absolute Gasteiger partial charge is 0.469 e. The molecule has 6 aliphatic rings. The summed E-state index contributed by atoms with van der Waals surface area (Å²) in [6, 6.07) is -0.0679. The standard InChI is InChI=1S/C18H26N2O5/c1-18(2,3)25-17(23)20-8-9-5-11(20)13(9)15(21)19-7-10-6-12(19)14(10)16(22)24-4/h9-14H,5-8H2,1-4H3/t9-,10-,11-,12-,13+,14+/m0/s1. The van der Waals surface area contributed by atoms with E-state index in [4.69, 9.17) is 9.47 Å². The van der Waals surface area contributed by atoms with E-state index in [0.717, 1.165) is 12.8 Å². The normalized spacial score (nSPS) is 38.1. The highest BCUT2D eigenvalue weighted by Gasteiger charge is 2.63. The molecule has 7 heteroatoms. The van der Waals surface area contributed by atoms with E-state index in [2.05, 4.69) is 0 Å². The highest BCUT2D eigenvalue weighted by molar-refractivity contribution is 5.86. The number of hydrogen-bond donors (Lipinski definition) is 0. The molecule has 4 saturated heterocycles. The Hall–Kier alpha value is -1.79. The van der Waals surface area contributed by atoms with Crippen molar-refractivity contribution in [3.8, 4) is 0 Å². The van der Waals surface area contributed by atoms with Gasteiger partial charge in [-0.25, -0.2) is 4.79 Å². The van der Waals surface area contributed by atoms with Gasteiger partial charge < -0.3 is 19.3 Å². The van der Waals surface area contributed by atoms with E-state index in [0.29, 0.717) is 13.1 Å². The maximum Gasteiger partial charge on any atom is 0.410 e. The predicted octanol–water partition coefficient (Wildman–Crippen LogP) is 1.26. The van der Waals surface area contributed by atoms with E-state index in [1.807, 2.05) is 25.7 Å². The Morgan fingerprint density at radius 3 is 2.08 bits per heavy atom. The van der Waals surface area contributed by atoms with Gasteiger partial charge in [0.2, 0.25) is 5.91 Å². The van der Waals surface area contributed by atoms with Crippen molar-refractivity contribution in [2.75, 3.05) is 20.2 Å². The van der Waals surface area contributed by atoms with Crippen LogP contribution in [0.5, 0.6) is 0 Å². The van der Waals surface area contributed by atoms with Gasteiger partial charge in [0, 0.05) is 25.2 Å². The first-order valence-electron chi connectivity index (χ1n) is 9.09. The number of fused-ring (bicyclic) bond motifs is 2. The molecule has 0 radical (unpaired) electrons. The fraction of sp³-hybridized carbons (Fsp3) is 0.833. The van der Waals surface area contributed by atoms with Crippen LogP contribution in [-0.2, 0) is 19.1 Å². The number of carbonyl (C=O) groups is 3. The first kappa shape index (κ1) is 16.7. The molecule has 4 bridgehead atoms. The topological polar surface area (TPSA) is 76.2 Å². The molecule has 4 aliphatic heterocycles. The number of carbonyl (C=O) groups excluding carboxylic acids is 3. The third-order valence-electron chi connectivity index (χ3n) is 6.27. The van der Waals surface area contributed by atoms with Crippen LogP contribution in [0.4, 0.5) is 4.79 Å². The Kier molecular flexibility index (Phi) is 3.57. The molecule has 2 amide bonds. The number of esters is 1. The van der Waals surface area contributed by atoms with Crippen LogP contribution in [0.1, 0.15) is 33.6 Å². The minimum absolute atomic E-state index is 0.0140. The van der Waals surface area contributed by atoms with E-state index in [9.17, 15) is 14.4 Å². The predicted molar refractivity (Wildman–Crippen MR) is 87.4 cm³/mol. The molecule has 6 fully saturated rings. The van der Waals surface area contributed by atoms with Crippen LogP contribution < -0.4 is 0 Å². The quantitative estimate of drug-likeness (QED) is 0.701. The minimum atomic E-state index is -0.534. The maximum atomic E-state index is 13.0. The third kappa shape index (κ3) is 2.42. The summed E-state index contributed by atoms with van der Waals surface area (Å²) in [5.74, 6) is 0.0639. The number of hydrogen-bond acceptors (Lipinski definition) is 5. The van der Waals surface area contributed by atoms with Gasteiger partial charge >= 0.3 is 12.1 Å². The Morgan fingerprint density at radius 1 is 0.920 bits per heavy atom. The molecule has 0 aromatic rings. The van der Waals surface area contributed by atoms with Crippen LogP contribution in [0.3, 0.4) is 0 Å². The summed E-state index contributed by atoms with van der Waals surface area (Å²) in [6.45, 7) is 6.78. The summed E-state index contributed by atoms with van der Waals surface area (Å²) in [4.78, 5) is 40.8. The SMILES string of the molecule is COC(=O)[C@@H]1[C@H]2C[C@@H]1N(C(=O)[C@@H]1[C@H]3C[C@@H]1N(C(=O)OC(C)(C)C)C3)C2. The molecule has 6 atom stereocenters. The molecule has 2 saturated carbocycles. The van der Waals surface area contributed by atoms with Gasteiger partial charge in [-0.2, -0.15) is 0 Å². The third-order valence-corrected chi connectivity index (χ3v) is 6.27. The molecular weight excluding hydrogens is 324 g/mol. The lowest BCUT2D eigenvalue weighted by Crippen LogP contribution is -2.53. The molecule has 2 aliphatic carbocycles. The average molecular weight is 350 g/mol. The van der Waals surface area contributed by atoms with E-state index in [1.54, 1.807) is 4.90 Å². The summed E-state index contributed by atoms with van der Waals surface area (Å²) in [5.41, 5.74) is -0.534. The number of amides is 2. The molecular formula is C18H26N2O5. The Labute approximate surface area is 147 Å². The second-order valence-electron chi connectivity index (χ2n) is 8.82. The van der Waals surface area contributed by atoms with Crippen molar-refractivity contribution in [2.45, 2.75) is 51.3 Å². The molecule has 25 heavy (non-hydrogen) atoms. The lowest BCUT2D eigenvalue weighted by Gasteiger charge is -2.40. The van der Waals surface area contributed by atoms with Crippen molar-refractivity contribution >= 4 is 18.0 Å². The Balaban J connectivity index is 1.41. The number of rotatable bonds is 2. The summed E-state index contributed by atoms with van der Waals surface area (Å²) < 4.78 is 10.3. The van der Waals surface area contributed by atoms with Crippen molar-refractivity contribution in [3.05, 3.63) is 0 Å². The van der Waals surface area contributed by atoms with Crippen LogP contribution in [0.25, 0.3) is 0 Å². The van der Waals surface area contributed by atoms with E-state index >= 15 is 0 Å². The summed E-state index contributed by atoms with van der Waals surface area (Å²) in [5, 5.41) is 0. The molecule has 0 aromatic heterocycles. The summed E-state index contributed by atoms with van der Waals surface area (Å²) >= 11 is 0. The second-order valence-corrected chi connectivity index (χ2v) is 8.82. The van der Waals surface area contributed by atoms with Gasteiger partial charge in [0.1, 0.15) is 5.60 Å². The summed E-state index contributed by atoms with van der Waals surface area (Å²) in [7, 11) is 1.40. The first-order valence-corrected chi connectivity index (χ1v) is 9.09. The monoisotopic (exact) mass is 350 g/mol. The van der Waals surface area contributed by atoms with Gasteiger partial charge in [0.05, 0.1) is 18.9 Å². The zero-order valence-electron chi connectivity index (χ0n) is 15.2. The van der Waals surface area contributed by atoms with Crippen molar-refractivity contribution in [1.29, 1.82) is 0 Å². The highest BCUT2D eigenvalue weighted by atomic mass is 16.6. The van der Waals surface area contributed by atoms with Gasteiger partial charge in [-0.05, 0) is 45.4 Å². The van der Waals surface area contributed by atoms with Crippen LogP contribution in [0, 0.1) is 23.7 Å². The van der Waals surface area contributed by atoms with Crippen LogP contribution in [-0.4, -0.2) is 65.7 Å². The second kappa shape index (κ2) is 5.35. The molecule has 4 heterocycles. The lowest BCUT2D eigenvalue weighted by atomic mass is 9.72. The number of ether oxygens (including phenoxy) is 2. The smallest absolute Gasteiger partial charge is 0.410 e. The van der Waals surface area contributed by atoms with E-state index in [-0.39, 0.29) is 53.7 Å². The molecule has 0 unspecified atom stereocenters. The van der Waals surface area contributed by atoms with Crippen molar-refractivity contribution in [1.82, 2.24) is 9.80 Å². The molecule has 138 valence electrons. The Bertz CT molecular complexity index is 627. The van der Waals surface area contributed by atoms with Gasteiger partial charge in [-0.1, -0.05) is 0 Å². The molecule has 0 aromatic carbocycles. The number of methoxy groups -OCH3 is 1. The van der Waals surface area contributed by atoms with Crippen molar-refractivity contribution in [3.63, 3.8) is 0 Å². The zero-order valence-corrected chi connectivity index (χ0v) is 15.2. The summed E-state index contributed by atoms with van der Waals surface area (Å²) in [6.07, 6.45) is 1.44. The maximum absolute atomic E-state index is 13.0. The van der Waals surface area contributed by atoms with E-state index < -0.39 is 5.60 Å². The van der Waals surface area contributed by atoms with Gasteiger partial charge in [0.15, 0.2) is 0 Å². The minimum Gasteiger partial charge on any atom is -0.469 e. The van der Waals surface area contributed by atoms with Gasteiger partial charge in [-0.3, -0.25) is 9.59 Å². The molecule has 0 N–H and O–H groups in total. The average Bonchev–Trinajstić information content (AvgIpc) is 3.21. The zero-order chi connectivity index (χ0) is 18.1. The van der Waals surface area contributed by atoms with Crippen LogP contribution in [0.2, 0.25) is 0 Å². The Morgan fingerprint density at radius 2 is 1.48 bits per heavy atom. The molecule has 0 spiro atoms. The first-order chi connectivity index (χ1) is 11.7. The van der Waals surface area contributed by atoms with Crippen molar-refractivity contribution < 1.29 is 23.9 Å². The van der Waals surface area contributed by atoms with Gasteiger partial charge in [0.25, 0.3) is 0 Å². The van der Waals surface area contributed by atoms with E-state index in [1.165, 1.54) is 7.11 Å². The number of nitrogens with zero attached hydrogens (tertiary/aromatic N) is 2. The fourth-order valence-electron chi connectivity index (χ4n) is 5.07.